The second-order valence-corrected chi connectivity index (χ2v) is 7.36. The zero-order valence-corrected chi connectivity index (χ0v) is 15.7. The molecule has 0 aliphatic carbocycles. The number of ether oxygens (including phenoxy) is 1. The van der Waals surface area contributed by atoms with Gasteiger partial charge in [-0.25, -0.2) is 0 Å². The van der Waals surface area contributed by atoms with Crippen LogP contribution in [0.25, 0.3) is 28.0 Å². The topological polar surface area (TPSA) is 22.4 Å². The molecule has 6 rings (SSSR count). The highest BCUT2D eigenvalue weighted by Crippen LogP contribution is 2.47. The maximum atomic E-state index is 6.92. The van der Waals surface area contributed by atoms with Crippen LogP contribution in [-0.2, 0) is 5.60 Å². The molecule has 0 saturated carbocycles. The predicted octanol–water partition coefficient (Wildman–Crippen LogP) is 6.94. The van der Waals surface area contributed by atoms with Gasteiger partial charge in [0.15, 0.2) is 5.60 Å². The number of benzene rings is 4. The third kappa shape index (κ3) is 2.36. The summed E-state index contributed by atoms with van der Waals surface area (Å²) in [5.74, 6) is 0.864. The van der Waals surface area contributed by atoms with Gasteiger partial charge in [-0.3, -0.25) is 0 Å². The molecule has 0 N–H and O–H groups in total. The van der Waals surface area contributed by atoms with Crippen LogP contribution in [0.15, 0.2) is 108 Å². The molecule has 138 valence electrons. The molecule has 0 radical (unpaired) electrons. The van der Waals surface area contributed by atoms with Crippen LogP contribution in [-0.4, -0.2) is 0 Å². The fraction of sp³-hybridized carbons (Fsp3) is 0.0370. The summed E-state index contributed by atoms with van der Waals surface area (Å²) < 4.78 is 13.0. The molecule has 29 heavy (non-hydrogen) atoms. The molecule has 2 heteroatoms. The monoisotopic (exact) mass is 374 g/mol. The summed E-state index contributed by atoms with van der Waals surface area (Å²) >= 11 is 0. The second-order valence-electron chi connectivity index (χ2n) is 7.36. The molecule has 1 aromatic heterocycles. The lowest BCUT2D eigenvalue weighted by molar-refractivity contribution is 0.163. The van der Waals surface area contributed by atoms with Crippen molar-refractivity contribution in [2.45, 2.75) is 5.60 Å². The highest BCUT2D eigenvalue weighted by Gasteiger charge is 2.37. The van der Waals surface area contributed by atoms with Gasteiger partial charge in [0.25, 0.3) is 0 Å². The summed E-state index contributed by atoms with van der Waals surface area (Å²) in [5, 5.41) is 2.10. The zero-order valence-electron chi connectivity index (χ0n) is 15.7. The Morgan fingerprint density at radius 1 is 0.586 bits per heavy atom. The van der Waals surface area contributed by atoms with Crippen LogP contribution in [0.1, 0.15) is 16.7 Å². The van der Waals surface area contributed by atoms with Gasteiger partial charge < -0.3 is 9.15 Å². The average molecular weight is 374 g/mol. The van der Waals surface area contributed by atoms with Crippen LogP contribution in [0.5, 0.6) is 5.75 Å². The molecule has 0 atom stereocenters. The standard InChI is InChI=1S/C27H18O2/c1-3-9-20(10-4-1)27(21-11-5-2-6-12-21)18-17-19-15-16-24-25(26(19)29-27)22-13-7-8-14-23(22)28-24/h1-18H. The lowest BCUT2D eigenvalue weighted by Crippen LogP contribution is -2.34. The van der Waals surface area contributed by atoms with Crippen molar-refractivity contribution in [1.29, 1.82) is 0 Å². The van der Waals surface area contributed by atoms with Crippen LogP contribution in [0.3, 0.4) is 0 Å². The maximum Gasteiger partial charge on any atom is 0.178 e. The van der Waals surface area contributed by atoms with Crippen molar-refractivity contribution in [3.8, 4) is 5.75 Å². The zero-order chi connectivity index (χ0) is 19.3. The van der Waals surface area contributed by atoms with Gasteiger partial charge in [-0.15, -0.1) is 0 Å². The van der Waals surface area contributed by atoms with Crippen LogP contribution < -0.4 is 4.74 Å². The van der Waals surface area contributed by atoms with Gasteiger partial charge >= 0.3 is 0 Å². The Morgan fingerprint density at radius 3 is 1.97 bits per heavy atom. The van der Waals surface area contributed by atoms with Gasteiger partial charge in [-0.05, 0) is 24.3 Å². The van der Waals surface area contributed by atoms with E-state index in [1.54, 1.807) is 0 Å². The van der Waals surface area contributed by atoms with Crippen LogP contribution in [0, 0.1) is 0 Å². The Balaban J connectivity index is 1.66. The van der Waals surface area contributed by atoms with Gasteiger partial charge in [0, 0.05) is 22.1 Å². The molecule has 1 aliphatic heterocycles. The van der Waals surface area contributed by atoms with Crippen LogP contribution >= 0.6 is 0 Å². The van der Waals surface area contributed by atoms with Crippen molar-refractivity contribution in [2.24, 2.45) is 0 Å². The average Bonchev–Trinajstić information content (AvgIpc) is 3.19. The lowest BCUT2D eigenvalue weighted by atomic mass is 9.83. The van der Waals surface area contributed by atoms with Gasteiger partial charge in [-0.1, -0.05) is 84.9 Å². The summed E-state index contributed by atoms with van der Waals surface area (Å²) in [6.45, 7) is 0. The minimum atomic E-state index is -0.692. The highest BCUT2D eigenvalue weighted by atomic mass is 16.5. The first-order valence-electron chi connectivity index (χ1n) is 9.79. The number of para-hydroxylation sites is 1. The molecule has 0 fully saturated rings. The van der Waals surface area contributed by atoms with Gasteiger partial charge in [-0.2, -0.15) is 0 Å². The first-order chi connectivity index (χ1) is 14.4. The van der Waals surface area contributed by atoms with Crippen molar-refractivity contribution in [2.75, 3.05) is 0 Å². The van der Waals surface area contributed by atoms with Crippen molar-refractivity contribution in [3.63, 3.8) is 0 Å². The van der Waals surface area contributed by atoms with E-state index >= 15 is 0 Å². The second kappa shape index (κ2) is 6.11. The van der Waals surface area contributed by atoms with Gasteiger partial charge in [0.1, 0.15) is 16.9 Å². The summed E-state index contributed by atoms with van der Waals surface area (Å²) in [6.07, 6.45) is 4.33. The Hall–Kier alpha value is -3.78. The molecule has 0 bridgehead atoms. The first-order valence-corrected chi connectivity index (χ1v) is 9.79. The Kier molecular flexibility index (Phi) is 3.41. The number of fused-ring (bicyclic) bond motifs is 5. The number of hydrogen-bond donors (Lipinski definition) is 0. The molecule has 0 amide bonds. The summed E-state index contributed by atoms with van der Waals surface area (Å²) in [5.41, 5.74) is 4.28. The van der Waals surface area contributed by atoms with Gasteiger partial charge in [0.05, 0.1) is 5.39 Å². The van der Waals surface area contributed by atoms with Crippen molar-refractivity contribution in [1.82, 2.24) is 0 Å². The predicted molar refractivity (Wildman–Crippen MR) is 117 cm³/mol. The Morgan fingerprint density at radius 2 is 1.24 bits per heavy atom. The maximum absolute atomic E-state index is 6.92. The normalized spacial score (nSPS) is 14.6. The molecule has 2 heterocycles. The number of furan rings is 1. The lowest BCUT2D eigenvalue weighted by Gasteiger charge is -2.36. The van der Waals surface area contributed by atoms with E-state index < -0.39 is 5.60 Å². The van der Waals surface area contributed by atoms with E-state index in [1.807, 2.05) is 36.4 Å². The molecular weight excluding hydrogens is 356 g/mol. The van der Waals surface area contributed by atoms with Crippen LogP contribution in [0.4, 0.5) is 0 Å². The summed E-state index contributed by atoms with van der Waals surface area (Å²) in [4.78, 5) is 0. The molecule has 1 aliphatic rings. The van der Waals surface area contributed by atoms with E-state index in [1.165, 1.54) is 0 Å². The largest absolute Gasteiger partial charge is 0.472 e. The minimum Gasteiger partial charge on any atom is -0.472 e. The van der Waals surface area contributed by atoms with E-state index in [0.29, 0.717) is 0 Å². The fourth-order valence-electron chi connectivity index (χ4n) is 4.29. The molecule has 2 nitrogen and oxygen atoms in total. The van der Waals surface area contributed by atoms with E-state index in [4.69, 9.17) is 9.15 Å². The van der Waals surface area contributed by atoms with E-state index in [-0.39, 0.29) is 0 Å². The molecule has 0 saturated heterocycles. The summed E-state index contributed by atoms with van der Waals surface area (Å²) in [6, 6.07) is 33.0. The smallest absolute Gasteiger partial charge is 0.178 e. The fourth-order valence-corrected chi connectivity index (χ4v) is 4.29. The highest BCUT2D eigenvalue weighted by molar-refractivity contribution is 6.09. The third-order valence-corrected chi connectivity index (χ3v) is 5.69. The number of hydrogen-bond acceptors (Lipinski definition) is 2. The quantitative estimate of drug-likeness (QED) is 0.334. The molecule has 0 spiro atoms. The van der Waals surface area contributed by atoms with Crippen molar-refractivity contribution < 1.29 is 9.15 Å². The first kappa shape index (κ1) is 16.2. The minimum absolute atomic E-state index is 0.692. The number of rotatable bonds is 2. The third-order valence-electron chi connectivity index (χ3n) is 5.69. The Labute approximate surface area is 168 Å². The molecule has 0 unspecified atom stereocenters. The molecule has 5 aromatic rings. The molecule has 4 aromatic carbocycles. The molecular formula is C27H18O2. The van der Waals surface area contributed by atoms with Gasteiger partial charge in [0.2, 0.25) is 0 Å². The Bertz CT molecular complexity index is 1320. The summed E-state index contributed by atoms with van der Waals surface area (Å²) in [7, 11) is 0. The van der Waals surface area contributed by atoms with E-state index in [2.05, 4.69) is 72.8 Å². The van der Waals surface area contributed by atoms with Crippen LogP contribution in [0.2, 0.25) is 0 Å². The van der Waals surface area contributed by atoms with E-state index in [0.717, 1.165) is 44.4 Å². The van der Waals surface area contributed by atoms with Crippen molar-refractivity contribution in [3.05, 3.63) is 120 Å². The van der Waals surface area contributed by atoms with Crippen molar-refractivity contribution >= 4 is 28.0 Å². The van der Waals surface area contributed by atoms with E-state index in [9.17, 15) is 0 Å². The SMILES string of the molecule is C1=CC(c2ccccc2)(c2ccccc2)Oc2c1ccc1oc3ccccc3c21.